The van der Waals surface area contributed by atoms with Gasteiger partial charge in [-0.25, -0.2) is 4.79 Å². The van der Waals surface area contributed by atoms with Crippen LogP contribution in [0.4, 0.5) is 0 Å². The van der Waals surface area contributed by atoms with E-state index in [1.54, 1.807) is 0 Å². The fourth-order valence-electron chi connectivity index (χ4n) is 5.19. The predicted octanol–water partition coefficient (Wildman–Crippen LogP) is 5.08. The van der Waals surface area contributed by atoms with Crippen molar-refractivity contribution in [3.8, 4) is 0 Å². The van der Waals surface area contributed by atoms with Gasteiger partial charge in [-0.15, -0.1) is 0 Å². The summed E-state index contributed by atoms with van der Waals surface area (Å²) in [5.74, 6) is -3.48. The summed E-state index contributed by atoms with van der Waals surface area (Å²) in [6.45, 7) is 18.8. The molecule has 0 radical (unpaired) electrons. The Bertz CT molecular complexity index is 846. The summed E-state index contributed by atoms with van der Waals surface area (Å²) in [4.78, 5) is 25.8. The molecule has 6 atom stereocenters. The average molecular weight is 604 g/mol. The smallest absolute Gasteiger partial charge is 0.366 e. The third-order valence-corrected chi connectivity index (χ3v) is 13.0. The Labute approximate surface area is 248 Å². The van der Waals surface area contributed by atoms with Gasteiger partial charge in [-0.2, -0.15) is 0 Å². The summed E-state index contributed by atoms with van der Waals surface area (Å²) in [6.07, 6.45) is 4.04. The summed E-state index contributed by atoms with van der Waals surface area (Å²) in [7, 11) is 0.334. The second kappa shape index (κ2) is 15.1. The first-order valence-electron chi connectivity index (χ1n) is 15.2. The topological polar surface area (TPSA) is 111 Å². The van der Waals surface area contributed by atoms with Crippen molar-refractivity contribution >= 4 is 20.2 Å². The standard InChI is InChI=1S/C30H57NO9Si/c1-12-13-14-15-16-17-18-36-25(23-20-37-29(6,7)38-23)26-24(31-21(2)32)22(40-41(10,11)28(3,4)5)19-30(35-9,39-26)27(33)34-8/h22-26H,12-20H2,1-11H3,(H,31,32)/t22-,23+,24+,25+,26+,30-/m0/s1. The number of esters is 1. The highest BCUT2D eigenvalue weighted by Gasteiger charge is 2.59. The van der Waals surface area contributed by atoms with E-state index in [1.165, 1.54) is 40.4 Å². The Morgan fingerprint density at radius 3 is 2.20 bits per heavy atom. The van der Waals surface area contributed by atoms with E-state index in [4.69, 9.17) is 32.8 Å². The highest BCUT2D eigenvalue weighted by molar-refractivity contribution is 6.74. The SMILES string of the molecule is CCCCCCCCO[C@@H]([C@@H]1O[C@](OC)(C(=O)OC)C[C@H](O[Si](C)(C)C(C)(C)C)[C@H]1NC(C)=O)[C@H]1COC(C)(C)O1. The van der Waals surface area contributed by atoms with Gasteiger partial charge in [0.25, 0.3) is 5.79 Å². The van der Waals surface area contributed by atoms with E-state index in [0.29, 0.717) is 6.61 Å². The van der Waals surface area contributed by atoms with E-state index in [9.17, 15) is 9.59 Å². The van der Waals surface area contributed by atoms with Crippen molar-refractivity contribution in [1.29, 1.82) is 0 Å². The van der Waals surface area contributed by atoms with Crippen molar-refractivity contribution in [3.05, 3.63) is 0 Å². The fourth-order valence-corrected chi connectivity index (χ4v) is 6.53. The maximum Gasteiger partial charge on any atom is 0.366 e. The van der Waals surface area contributed by atoms with Gasteiger partial charge in [0.1, 0.15) is 18.3 Å². The van der Waals surface area contributed by atoms with Crippen LogP contribution >= 0.6 is 0 Å². The molecule has 0 saturated carbocycles. The number of hydrogen-bond acceptors (Lipinski definition) is 9. The van der Waals surface area contributed by atoms with Gasteiger partial charge in [0.15, 0.2) is 14.1 Å². The number of carbonyl (C=O) groups is 2. The highest BCUT2D eigenvalue weighted by atomic mass is 28.4. The van der Waals surface area contributed by atoms with E-state index in [0.717, 1.165) is 19.3 Å². The first-order chi connectivity index (χ1) is 19.0. The molecule has 2 saturated heterocycles. The van der Waals surface area contributed by atoms with E-state index in [2.05, 4.69) is 46.1 Å². The Hall–Kier alpha value is -1.08. The molecule has 11 heteroatoms. The minimum absolute atomic E-state index is 0.0434. The normalized spacial score (nSPS) is 29.2. The van der Waals surface area contributed by atoms with Gasteiger partial charge in [-0.1, -0.05) is 59.8 Å². The van der Waals surface area contributed by atoms with Crippen LogP contribution in [0.3, 0.4) is 0 Å². The molecule has 0 aromatic rings. The highest BCUT2D eigenvalue weighted by Crippen LogP contribution is 2.43. The van der Waals surface area contributed by atoms with Gasteiger partial charge in [0, 0.05) is 27.1 Å². The zero-order chi connectivity index (χ0) is 31.1. The molecule has 0 unspecified atom stereocenters. The molecule has 1 N–H and O–H groups in total. The van der Waals surface area contributed by atoms with Crippen molar-refractivity contribution in [1.82, 2.24) is 5.32 Å². The zero-order valence-corrected chi connectivity index (χ0v) is 28.4. The van der Waals surface area contributed by atoms with Crippen molar-refractivity contribution in [2.45, 2.75) is 154 Å². The molecule has 41 heavy (non-hydrogen) atoms. The molecule has 0 aromatic heterocycles. The van der Waals surface area contributed by atoms with Gasteiger partial charge >= 0.3 is 5.97 Å². The van der Waals surface area contributed by atoms with Gasteiger partial charge in [0.2, 0.25) is 5.91 Å². The van der Waals surface area contributed by atoms with Crippen molar-refractivity contribution in [2.24, 2.45) is 0 Å². The number of nitrogens with one attached hydrogen (secondary N) is 1. The third-order valence-electron chi connectivity index (χ3n) is 8.53. The fraction of sp³-hybridized carbons (Fsp3) is 0.933. The van der Waals surface area contributed by atoms with Crippen LogP contribution < -0.4 is 5.32 Å². The second-order valence-corrected chi connectivity index (χ2v) is 18.1. The molecule has 2 heterocycles. The van der Waals surface area contributed by atoms with Crippen LogP contribution in [0.1, 0.15) is 93.4 Å². The number of unbranched alkanes of at least 4 members (excludes halogenated alkanes) is 5. The number of amides is 1. The van der Waals surface area contributed by atoms with Gasteiger partial charge in [-0.05, 0) is 38.4 Å². The lowest BCUT2D eigenvalue weighted by molar-refractivity contribution is -0.307. The summed E-state index contributed by atoms with van der Waals surface area (Å²) >= 11 is 0. The van der Waals surface area contributed by atoms with E-state index < -0.39 is 56.3 Å². The van der Waals surface area contributed by atoms with Crippen molar-refractivity contribution in [2.75, 3.05) is 27.4 Å². The lowest BCUT2D eigenvalue weighted by atomic mass is 9.88. The van der Waals surface area contributed by atoms with E-state index in [-0.39, 0.29) is 24.0 Å². The molecule has 0 aromatic carbocycles. The second-order valence-electron chi connectivity index (χ2n) is 13.3. The number of ether oxygens (including phenoxy) is 6. The molecular weight excluding hydrogens is 546 g/mol. The minimum Gasteiger partial charge on any atom is -0.465 e. The largest absolute Gasteiger partial charge is 0.465 e. The maximum absolute atomic E-state index is 13.2. The quantitative estimate of drug-likeness (QED) is 0.156. The number of hydrogen-bond donors (Lipinski definition) is 1. The molecule has 2 aliphatic rings. The van der Waals surface area contributed by atoms with Crippen LogP contribution in [0.25, 0.3) is 0 Å². The predicted molar refractivity (Wildman–Crippen MR) is 159 cm³/mol. The zero-order valence-electron chi connectivity index (χ0n) is 27.4. The Kier molecular flexibility index (Phi) is 13.3. The van der Waals surface area contributed by atoms with Gasteiger partial charge in [-0.3, -0.25) is 4.79 Å². The van der Waals surface area contributed by atoms with Crippen LogP contribution in [-0.2, 0) is 42.4 Å². The van der Waals surface area contributed by atoms with E-state index >= 15 is 0 Å². The molecule has 240 valence electrons. The molecule has 2 fully saturated rings. The first-order valence-corrected chi connectivity index (χ1v) is 18.1. The Morgan fingerprint density at radius 2 is 1.68 bits per heavy atom. The first kappa shape index (κ1) is 36.1. The molecule has 0 aliphatic carbocycles. The minimum atomic E-state index is -2.38. The van der Waals surface area contributed by atoms with Gasteiger partial charge in [0.05, 0.1) is 25.9 Å². The van der Waals surface area contributed by atoms with Crippen LogP contribution in [0.2, 0.25) is 18.1 Å². The lowest BCUT2D eigenvalue weighted by Gasteiger charge is -2.51. The monoisotopic (exact) mass is 603 g/mol. The van der Waals surface area contributed by atoms with E-state index in [1.807, 2.05) is 13.8 Å². The van der Waals surface area contributed by atoms with Crippen LogP contribution in [0.15, 0.2) is 0 Å². The third kappa shape index (κ3) is 9.71. The lowest BCUT2D eigenvalue weighted by Crippen LogP contribution is -2.69. The Morgan fingerprint density at radius 1 is 1.05 bits per heavy atom. The molecule has 2 aliphatic heterocycles. The summed E-state index contributed by atoms with van der Waals surface area (Å²) in [6, 6.07) is -0.642. The molecular formula is C30H57NO9Si. The molecule has 10 nitrogen and oxygen atoms in total. The van der Waals surface area contributed by atoms with Crippen LogP contribution in [-0.4, -0.2) is 89.7 Å². The molecule has 2 rings (SSSR count). The van der Waals surface area contributed by atoms with Crippen molar-refractivity contribution in [3.63, 3.8) is 0 Å². The molecule has 0 spiro atoms. The summed E-state index contributed by atoms with van der Waals surface area (Å²) in [5, 5.41) is 2.95. The van der Waals surface area contributed by atoms with Crippen LogP contribution in [0.5, 0.6) is 0 Å². The van der Waals surface area contributed by atoms with Crippen molar-refractivity contribution < 1.29 is 42.4 Å². The van der Waals surface area contributed by atoms with Gasteiger partial charge < -0.3 is 38.2 Å². The molecule has 1 amide bonds. The number of methoxy groups -OCH3 is 2. The number of rotatable bonds is 15. The van der Waals surface area contributed by atoms with Crippen LogP contribution in [0, 0.1) is 0 Å². The summed E-state index contributed by atoms with van der Waals surface area (Å²) in [5.41, 5.74) is 0. The maximum atomic E-state index is 13.2. The molecule has 0 bridgehead atoms. The summed E-state index contributed by atoms with van der Waals surface area (Å²) < 4.78 is 43.1. The Balaban J connectivity index is 2.51. The number of carbonyl (C=O) groups excluding carboxylic acids is 2. The average Bonchev–Trinajstić information content (AvgIpc) is 3.24.